The lowest BCUT2D eigenvalue weighted by Gasteiger charge is -2.20. The second-order valence-corrected chi connectivity index (χ2v) is 6.62. The van der Waals surface area contributed by atoms with Gasteiger partial charge < -0.3 is 14.8 Å². The number of amides is 1. The van der Waals surface area contributed by atoms with Gasteiger partial charge in [0.1, 0.15) is 0 Å². The molecule has 9 heteroatoms. The minimum absolute atomic E-state index is 0.0120. The summed E-state index contributed by atoms with van der Waals surface area (Å²) >= 11 is 0. The zero-order chi connectivity index (χ0) is 18.1. The highest BCUT2D eigenvalue weighted by atomic mass is 16.1. The van der Waals surface area contributed by atoms with E-state index in [-0.39, 0.29) is 17.9 Å². The van der Waals surface area contributed by atoms with E-state index in [0.29, 0.717) is 11.3 Å². The molecule has 26 heavy (non-hydrogen) atoms. The molecule has 4 rings (SSSR count). The Hall–Kier alpha value is -3.07. The summed E-state index contributed by atoms with van der Waals surface area (Å²) in [5.74, 6) is 0.0508. The zero-order valence-electron chi connectivity index (χ0n) is 14.6. The first-order valence-corrected chi connectivity index (χ1v) is 8.39. The maximum atomic E-state index is 12.8. The quantitative estimate of drug-likeness (QED) is 0.722. The van der Waals surface area contributed by atoms with Crippen molar-refractivity contribution in [2.75, 3.05) is 20.1 Å². The molecule has 0 bridgehead atoms. The molecule has 0 saturated carbocycles. The zero-order valence-corrected chi connectivity index (χ0v) is 14.6. The van der Waals surface area contributed by atoms with Crippen LogP contribution in [0.3, 0.4) is 0 Å². The lowest BCUT2D eigenvalue weighted by Crippen LogP contribution is -2.40. The number of nitrogens with zero attached hydrogens (tertiary/aromatic N) is 7. The molecule has 1 aliphatic rings. The number of nitrogens with one attached hydrogen (secondary N) is 1. The first kappa shape index (κ1) is 16.4. The van der Waals surface area contributed by atoms with Crippen molar-refractivity contribution in [1.29, 1.82) is 0 Å². The van der Waals surface area contributed by atoms with E-state index >= 15 is 0 Å². The van der Waals surface area contributed by atoms with Crippen LogP contribution in [0.25, 0.3) is 5.69 Å². The van der Waals surface area contributed by atoms with Crippen LogP contribution in [-0.2, 0) is 7.05 Å². The molecule has 1 saturated heterocycles. The highest BCUT2D eigenvalue weighted by Crippen LogP contribution is 2.26. The van der Waals surface area contributed by atoms with Gasteiger partial charge in [-0.1, -0.05) is 5.21 Å². The number of hydrogen-bond donors (Lipinski definition) is 1. The molecule has 0 spiro atoms. The Morgan fingerprint density at radius 2 is 2.08 bits per heavy atom. The Kier molecular flexibility index (Phi) is 4.21. The number of likely N-dealkylation sites (tertiary alicyclic amines) is 1. The van der Waals surface area contributed by atoms with Crippen molar-refractivity contribution < 1.29 is 4.79 Å². The van der Waals surface area contributed by atoms with Crippen LogP contribution in [0.2, 0.25) is 0 Å². The van der Waals surface area contributed by atoms with Gasteiger partial charge in [0.25, 0.3) is 5.91 Å². The van der Waals surface area contributed by atoms with Gasteiger partial charge in [-0.15, -0.1) is 5.10 Å². The first-order chi connectivity index (χ1) is 12.6. The Morgan fingerprint density at radius 1 is 1.19 bits per heavy atom. The molecule has 9 nitrogen and oxygen atoms in total. The summed E-state index contributed by atoms with van der Waals surface area (Å²) < 4.78 is 3.58. The van der Waals surface area contributed by atoms with Crippen molar-refractivity contribution in [3.05, 3.63) is 54.6 Å². The molecule has 0 unspecified atom stereocenters. The second-order valence-electron chi connectivity index (χ2n) is 6.62. The smallest absolute Gasteiger partial charge is 0.253 e. The number of aryl methyl sites for hydroxylation is 1. The summed E-state index contributed by atoms with van der Waals surface area (Å²) in [6.45, 7) is 1.67. The monoisotopic (exact) mass is 352 g/mol. The van der Waals surface area contributed by atoms with Gasteiger partial charge >= 0.3 is 0 Å². The number of carbonyl (C=O) groups is 1. The third kappa shape index (κ3) is 3.08. The average molecular weight is 352 g/mol. The molecule has 3 aromatic rings. The third-order valence-electron chi connectivity index (χ3n) is 4.73. The molecule has 4 heterocycles. The molecule has 1 aliphatic heterocycles. The van der Waals surface area contributed by atoms with Crippen molar-refractivity contribution in [1.82, 2.24) is 39.7 Å². The number of hydrogen-bond acceptors (Lipinski definition) is 6. The molecule has 1 N–H and O–H groups in total. The summed E-state index contributed by atoms with van der Waals surface area (Å²) in [7, 11) is 4.04. The van der Waals surface area contributed by atoms with Gasteiger partial charge in [0.05, 0.1) is 42.2 Å². The lowest BCUT2D eigenvalue weighted by atomic mass is 9.99. The Labute approximate surface area is 150 Å². The Balaban J connectivity index is 1.54. The van der Waals surface area contributed by atoms with Crippen LogP contribution < -0.4 is 5.32 Å². The minimum atomic E-state index is -0.146. The standard InChI is InChI=1S/C17H20N8O/c1-23-9-14(16-8-19-11-24(16)2)15(10-23)21-17(26)12-5-13(7-18-6-12)25-4-3-20-22-25/h3-8,11,14-15H,9-10H2,1-2H3,(H,21,26)/t14-,15-/m1/s1. The highest BCUT2D eigenvalue weighted by molar-refractivity contribution is 5.94. The molecule has 0 radical (unpaired) electrons. The van der Waals surface area contributed by atoms with E-state index in [9.17, 15) is 4.79 Å². The predicted octanol–water partition coefficient (Wildman–Crippen LogP) is 0.223. The summed E-state index contributed by atoms with van der Waals surface area (Å²) in [5, 5.41) is 10.9. The van der Waals surface area contributed by atoms with Crippen molar-refractivity contribution in [3.63, 3.8) is 0 Å². The summed E-state index contributed by atoms with van der Waals surface area (Å²) in [6, 6.07) is 1.77. The van der Waals surface area contributed by atoms with Crippen LogP contribution in [-0.4, -0.2) is 66.5 Å². The van der Waals surface area contributed by atoms with Crippen LogP contribution in [0.5, 0.6) is 0 Å². The third-order valence-corrected chi connectivity index (χ3v) is 4.73. The molecule has 0 aliphatic carbocycles. The van der Waals surface area contributed by atoms with Gasteiger partial charge in [0, 0.05) is 44.1 Å². The van der Waals surface area contributed by atoms with Crippen LogP contribution in [0.15, 0.2) is 43.4 Å². The maximum Gasteiger partial charge on any atom is 0.253 e. The fourth-order valence-electron chi connectivity index (χ4n) is 3.45. The predicted molar refractivity (Wildman–Crippen MR) is 93.9 cm³/mol. The summed E-state index contributed by atoms with van der Waals surface area (Å²) in [6.07, 6.45) is 10.2. The second kappa shape index (κ2) is 6.68. The van der Waals surface area contributed by atoms with E-state index in [1.54, 1.807) is 41.9 Å². The van der Waals surface area contributed by atoms with E-state index in [1.807, 2.05) is 17.8 Å². The molecule has 134 valence electrons. The largest absolute Gasteiger partial charge is 0.347 e. The molecule has 2 atom stereocenters. The number of imidazole rings is 1. The number of rotatable bonds is 4. The van der Waals surface area contributed by atoms with Crippen LogP contribution in [0.4, 0.5) is 0 Å². The van der Waals surface area contributed by atoms with Gasteiger partial charge in [-0.3, -0.25) is 9.78 Å². The molecular weight excluding hydrogens is 332 g/mol. The lowest BCUT2D eigenvalue weighted by molar-refractivity contribution is 0.0935. The normalized spacial score (nSPS) is 20.4. The average Bonchev–Trinajstić information content (AvgIpc) is 3.36. The number of carbonyl (C=O) groups excluding carboxylic acids is 1. The van der Waals surface area contributed by atoms with Crippen LogP contribution in [0, 0.1) is 0 Å². The van der Waals surface area contributed by atoms with E-state index in [0.717, 1.165) is 18.8 Å². The van der Waals surface area contributed by atoms with Gasteiger partial charge in [-0.2, -0.15) is 0 Å². The summed E-state index contributed by atoms with van der Waals surface area (Å²) in [5.41, 5.74) is 2.31. The molecule has 3 aromatic heterocycles. The van der Waals surface area contributed by atoms with Gasteiger partial charge in [0.15, 0.2) is 0 Å². The fourth-order valence-corrected chi connectivity index (χ4v) is 3.45. The molecule has 1 amide bonds. The van der Waals surface area contributed by atoms with E-state index in [1.165, 1.54) is 0 Å². The Bertz CT molecular complexity index is 903. The van der Waals surface area contributed by atoms with Crippen LogP contribution in [0.1, 0.15) is 22.0 Å². The van der Waals surface area contributed by atoms with E-state index in [4.69, 9.17) is 0 Å². The first-order valence-electron chi connectivity index (χ1n) is 8.39. The fraction of sp³-hybridized carbons (Fsp3) is 0.353. The van der Waals surface area contributed by atoms with Crippen molar-refractivity contribution >= 4 is 5.91 Å². The minimum Gasteiger partial charge on any atom is -0.347 e. The van der Waals surface area contributed by atoms with Crippen molar-refractivity contribution in [3.8, 4) is 5.69 Å². The molecular formula is C17H20N8O. The van der Waals surface area contributed by atoms with Gasteiger partial charge in [0.2, 0.25) is 0 Å². The summed E-state index contributed by atoms with van der Waals surface area (Å²) in [4.78, 5) is 23.4. The number of pyridine rings is 1. The van der Waals surface area contributed by atoms with Gasteiger partial charge in [-0.25, -0.2) is 9.67 Å². The Morgan fingerprint density at radius 3 is 2.81 bits per heavy atom. The van der Waals surface area contributed by atoms with Gasteiger partial charge in [-0.05, 0) is 13.1 Å². The SMILES string of the molecule is CN1C[C@@H](NC(=O)c2cncc(-n3ccnn3)c2)[C@H](c2cncn2C)C1. The number of aromatic nitrogens is 6. The van der Waals surface area contributed by atoms with Crippen molar-refractivity contribution in [2.45, 2.75) is 12.0 Å². The van der Waals surface area contributed by atoms with E-state index in [2.05, 4.69) is 37.5 Å². The van der Waals surface area contributed by atoms with Crippen LogP contribution >= 0.6 is 0 Å². The van der Waals surface area contributed by atoms with E-state index < -0.39 is 0 Å². The maximum absolute atomic E-state index is 12.8. The molecule has 1 fully saturated rings. The molecule has 0 aromatic carbocycles. The number of likely N-dealkylation sites (N-methyl/N-ethyl adjacent to an activating group) is 1. The van der Waals surface area contributed by atoms with Crippen molar-refractivity contribution in [2.24, 2.45) is 7.05 Å². The highest BCUT2D eigenvalue weighted by Gasteiger charge is 2.34. The topological polar surface area (TPSA) is 93.8 Å².